The third-order valence-electron chi connectivity index (χ3n) is 1.65. The minimum atomic E-state index is -1.19. The first kappa shape index (κ1) is 10.9. The number of rotatable bonds is 2. The van der Waals surface area contributed by atoms with Crippen LogP contribution in [-0.4, -0.2) is 18.2 Å². The molecule has 0 spiro atoms. The van der Waals surface area contributed by atoms with Crippen LogP contribution in [0.3, 0.4) is 0 Å². The van der Waals surface area contributed by atoms with Crippen LogP contribution in [0.2, 0.25) is 10.0 Å². The zero-order chi connectivity index (χ0) is 10.9. The van der Waals surface area contributed by atoms with Crippen molar-refractivity contribution in [3.63, 3.8) is 0 Å². The molecule has 1 aromatic carbocycles. The molecule has 0 fully saturated rings. The highest BCUT2D eigenvalue weighted by Gasteiger charge is 2.18. The number of aromatic carboxylic acids is 1. The molecule has 0 unspecified atom stereocenters. The van der Waals surface area contributed by atoms with E-state index >= 15 is 0 Å². The predicted molar refractivity (Wildman–Crippen MR) is 54.4 cm³/mol. The highest BCUT2D eigenvalue weighted by atomic mass is 35.5. The Kier molecular flexibility index (Phi) is 3.08. The summed E-state index contributed by atoms with van der Waals surface area (Å²) >= 11 is 11.5. The van der Waals surface area contributed by atoms with Gasteiger partial charge in [0.15, 0.2) is 5.75 Å². The molecule has 0 aromatic heterocycles. The molecule has 0 saturated heterocycles. The van der Waals surface area contributed by atoms with Gasteiger partial charge in [-0.1, -0.05) is 23.2 Å². The van der Waals surface area contributed by atoms with Gasteiger partial charge in [0, 0.05) is 0 Å². The fourth-order valence-electron chi connectivity index (χ4n) is 0.979. The minimum Gasteiger partial charge on any atom is -0.494 e. The molecule has 4 nitrogen and oxygen atoms in total. The Labute approximate surface area is 90.2 Å². The first-order valence-electron chi connectivity index (χ1n) is 3.53. The van der Waals surface area contributed by atoms with E-state index in [1.54, 1.807) is 0 Å². The van der Waals surface area contributed by atoms with E-state index in [1.165, 1.54) is 13.2 Å². The van der Waals surface area contributed by atoms with Crippen molar-refractivity contribution in [2.45, 2.75) is 0 Å². The number of nitrogens with two attached hydrogens (primary N) is 1. The van der Waals surface area contributed by atoms with Crippen LogP contribution in [0.4, 0.5) is 5.69 Å². The predicted octanol–water partition coefficient (Wildman–Crippen LogP) is 2.28. The Bertz CT molecular complexity index is 393. The topological polar surface area (TPSA) is 72.5 Å². The van der Waals surface area contributed by atoms with Gasteiger partial charge in [0.2, 0.25) is 0 Å². The largest absolute Gasteiger partial charge is 0.494 e. The number of carboxylic acids is 1. The van der Waals surface area contributed by atoms with Crippen molar-refractivity contribution in [3.8, 4) is 5.75 Å². The number of anilines is 1. The molecule has 76 valence electrons. The van der Waals surface area contributed by atoms with E-state index in [0.29, 0.717) is 0 Å². The Morgan fingerprint density at radius 3 is 2.57 bits per heavy atom. The number of benzene rings is 1. The van der Waals surface area contributed by atoms with Gasteiger partial charge in [0.25, 0.3) is 0 Å². The summed E-state index contributed by atoms with van der Waals surface area (Å²) in [5.41, 5.74) is 5.28. The fraction of sp³-hybridized carbons (Fsp3) is 0.125. The number of ether oxygens (including phenoxy) is 1. The Morgan fingerprint density at radius 2 is 2.14 bits per heavy atom. The smallest absolute Gasteiger partial charge is 0.337 e. The molecule has 6 heteroatoms. The molecule has 0 aliphatic carbocycles. The molecule has 0 amide bonds. The van der Waals surface area contributed by atoms with Gasteiger partial charge in [-0.15, -0.1) is 0 Å². The van der Waals surface area contributed by atoms with E-state index in [4.69, 9.17) is 38.8 Å². The maximum atomic E-state index is 10.7. The lowest BCUT2D eigenvalue weighted by atomic mass is 10.1. The molecule has 0 aliphatic rings. The van der Waals surface area contributed by atoms with Crippen LogP contribution >= 0.6 is 23.2 Å². The molecule has 3 N–H and O–H groups in total. The normalized spacial score (nSPS) is 9.93. The summed E-state index contributed by atoms with van der Waals surface area (Å²) in [6, 6.07) is 1.20. The molecular formula is C8H7Cl2NO3. The number of carbonyl (C=O) groups is 1. The summed E-state index contributed by atoms with van der Waals surface area (Å²) in [6.07, 6.45) is 0. The first-order chi connectivity index (χ1) is 6.49. The van der Waals surface area contributed by atoms with E-state index in [-0.39, 0.29) is 27.0 Å². The van der Waals surface area contributed by atoms with Gasteiger partial charge >= 0.3 is 5.97 Å². The van der Waals surface area contributed by atoms with E-state index in [1.807, 2.05) is 0 Å². The molecule has 0 aliphatic heterocycles. The van der Waals surface area contributed by atoms with Crippen molar-refractivity contribution in [1.82, 2.24) is 0 Å². The van der Waals surface area contributed by atoms with Gasteiger partial charge in [-0.3, -0.25) is 0 Å². The number of halogens is 2. The number of carboxylic acid groups (broad SMARTS) is 1. The van der Waals surface area contributed by atoms with Crippen LogP contribution in [0.1, 0.15) is 10.4 Å². The lowest BCUT2D eigenvalue weighted by Crippen LogP contribution is -2.04. The Hall–Kier alpha value is -1.13. The third kappa shape index (κ3) is 1.71. The Morgan fingerprint density at radius 1 is 1.57 bits per heavy atom. The monoisotopic (exact) mass is 235 g/mol. The molecule has 0 bridgehead atoms. The van der Waals surface area contributed by atoms with Crippen molar-refractivity contribution < 1.29 is 14.6 Å². The third-order valence-corrected chi connectivity index (χ3v) is 2.30. The van der Waals surface area contributed by atoms with Crippen molar-refractivity contribution in [2.24, 2.45) is 0 Å². The molecule has 0 saturated carbocycles. The summed E-state index contributed by atoms with van der Waals surface area (Å²) in [7, 11) is 1.37. The van der Waals surface area contributed by atoms with E-state index in [9.17, 15) is 4.79 Å². The van der Waals surface area contributed by atoms with Crippen molar-refractivity contribution in [1.29, 1.82) is 0 Å². The van der Waals surface area contributed by atoms with Gasteiger partial charge in [0.1, 0.15) is 5.02 Å². The second-order valence-corrected chi connectivity index (χ2v) is 3.26. The van der Waals surface area contributed by atoms with Crippen LogP contribution in [0.25, 0.3) is 0 Å². The van der Waals surface area contributed by atoms with Gasteiger partial charge < -0.3 is 15.6 Å². The van der Waals surface area contributed by atoms with Crippen LogP contribution in [-0.2, 0) is 0 Å². The summed E-state index contributed by atoms with van der Waals surface area (Å²) in [5, 5.41) is 8.87. The second-order valence-electron chi connectivity index (χ2n) is 2.47. The van der Waals surface area contributed by atoms with Crippen molar-refractivity contribution in [2.75, 3.05) is 12.8 Å². The van der Waals surface area contributed by atoms with Gasteiger partial charge in [-0.25, -0.2) is 4.79 Å². The fourth-order valence-corrected chi connectivity index (χ4v) is 1.59. The first-order valence-corrected chi connectivity index (χ1v) is 4.29. The van der Waals surface area contributed by atoms with Crippen LogP contribution < -0.4 is 10.5 Å². The molecule has 14 heavy (non-hydrogen) atoms. The standard InChI is InChI=1S/C8H7Cl2NO3/c1-14-7-4(9)2-3(8(12)13)6(11)5(7)10/h2H,11H2,1H3,(H,12,13). The average Bonchev–Trinajstić information content (AvgIpc) is 2.12. The number of methoxy groups -OCH3 is 1. The number of hydrogen-bond acceptors (Lipinski definition) is 3. The van der Waals surface area contributed by atoms with Gasteiger partial charge in [-0.2, -0.15) is 0 Å². The summed E-state index contributed by atoms with van der Waals surface area (Å²) in [6.45, 7) is 0. The van der Waals surface area contributed by atoms with E-state index < -0.39 is 5.97 Å². The zero-order valence-electron chi connectivity index (χ0n) is 7.17. The lowest BCUT2D eigenvalue weighted by Gasteiger charge is -2.09. The molecule has 1 aromatic rings. The molecule has 0 radical (unpaired) electrons. The maximum absolute atomic E-state index is 10.7. The highest BCUT2D eigenvalue weighted by molar-refractivity contribution is 6.39. The lowest BCUT2D eigenvalue weighted by molar-refractivity contribution is 0.0698. The number of hydrogen-bond donors (Lipinski definition) is 2. The zero-order valence-corrected chi connectivity index (χ0v) is 8.69. The minimum absolute atomic E-state index is 0.0115. The van der Waals surface area contributed by atoms with Crippen molar-refractivity contribution >= 4 is 34.9 Å². The quantitative estimate of drug-likeness (QED) is 0.772. The molecular weight excluding hydrogens is 229 g/mol. The van der Waals surface area contributed by atoms with E-state index in [2.05, 4.69) is 0 Å². The van der Waals surface area contributed by atoms with Gasteiger partial charge in [0.05, 0.1) is 23.4 Å². The van der Waals surface area contributed by atoms with Crippen LogP contribution in [0.5, 0.6) is 5.75 Å². The highest BCUT2D eigenvalue weighted by Crippen LogP contribution is 2.39. The van der Waals surface area contributed by atoms with Gasteiger partial charge in [-0.05, 0) is 6.07 Å². The Balaban J connectivity index is 3.47. The summed E-state index contributed by atoms with van der Waals surface area (Å²) in [5.74, 6) is -1.01. The molecule has 1 rings (SSSR count). The molecule has 0 heterocycles. The van der Waals surface area contributed by atoms with Crippen LogP contribution in [0, 0.1) is 0 Å². The maximum Gasteiger partial charge on any atom is 0.337 e. The van der Waals surface area contributed by atoms with Crippen molar-refractivity contribution in [3.05, 3.63) is 21.7 Å². The summed E-state index contributed by atoms with van der Waals surface area (Å²) in [4.78, 5) is 10.7. The SMILES string of the molecule is COc1c(Cl)cc(C(=O)O)c(N)c1Cl. The number of nitrogen functional groups attached to an aromatic ring is 1. The van der Waals surface area contributed by atoms with E-state index in [0.717, 1.165) is 0 Å². The van der Waals surface area contributed by atoms with Crippen LogP contribution in [0.15, 0.2) is 6.07 Å². The second kappa shape index (κ2) is 3.94. The summed E-state index contributed by atoms with van der Waals surface area (Å²) < 4.78 is 4.85. The average molecular weight is 236 g/mol. The molecule has 0 atom stereocenters.